The SMILES string of the molecule is O.O.O=P(O)(O)O.[H-].[H-].[Na+].[Na+]. The van der Waals surface area contributed by atoms with Crippen LogP contribution in [-0.2, 0) is 4.57 Å². The van der Waals surface area contributed by atoms with Gasteiger partial charge in [0.25, 0.3) is 0 Å². The normalized spacial score (nSPS) is 6.56. The predicted molar refractivity (Wildman–Crippen MR) is 23.7 cm³/mol. The first kappa shape index (κ1) is 30.5. The van der Waals surface area contributed by atoms with Crippen molar-refractivity contribution in [2.75, 3.05) is 0 Å². The molecule has 0 bridgehead atoms. The van der Waals surface area contributed by atoms with Crippen LogP contribution in [0.2, 0.25) is 0 Å². The van der Waals surface area contributed by atoms with Crippen LogP contribution in [0.3, 0.4) is 0 Å². The molecule has 0 unspecified atom stereocenters. The zero-order chi connectivity index (χ0) is 4.50. The average molecular weight is 182 g/mol. The molecule has 9 heavy (non-hydrogen) atoms. The molecule has 0 aliphatic rings. The number of rotatable bonds is 0. The number of phosphoric acid groups is 1. The molecule has 0 atom stereocenters. The molecule has 6 nitrogen and oxygen atoms in total. The summed E-state index contributed by atoms with van der Waals surface area (Å²) in [5, 5.41) is 0. The molecule has 0 saturated heterocycles. The van der Waals surface area contributed by atoms with E-state index in [1.807, 2.05) is 0 Å². The van der Waals surface area contributed by atoms with Crippen molar-refractivity contribution in [1.29, 1.82) is 0 Å². The second-order valence-electron chi connectivity index (χ2n) is 0.513. The van der Waals surface area contributed by atoms with E-state index in [2.05, 4.69) is 0 Å². The Hall–Kier alpha value is 2.03. The van der Waals surface area contributed by atoms with Gasteiger partial charge in [0.2, 0.25) is 0 Å². The summed E-state index contributed by atoms with van der Waals surface area (Å²) in [6.45, 7) is 0. The predicted octanol–water partition coefficient (Wildman–Crippen LogP) is -8.34. The molecular formula is H9Na2O6P. The second kappa shape index (κ2) is 12.7. The Morgan fingerprint density at radius 3 is 1.00 bits per heavy atom. The van der Waals surface area contributed by atoms with Crippen molar-refractivity contribution >= 4 is 7.82 Å². The van der Waals surface area contributed by atoms with E-state index in [-0.39, 0.29) is 72.9 Å². The maximum Gasteiger partial charge on any atom is 1.00 e. The summed E-state index contributed by atoms with van der Waals surface area (Å²) in [6.07, 6.45) is 0. The molecule has 52 valence electrons. The van der Waals surface area contributed by atoms with E-state index in [1.54, 1.807) is 0 Å². The van der Waals surface area contributed by atoms with Gasteiger partial charge in [-0.2, -0.15) is 0 Å². The van der Waals surface area contributed by atoms with Crippen LogP contribution in [0.4, 0.5) is 0 Å². The van der Waals surface area contributed by atoms with Gasteiger partial charge in [0.1, 0.15) is 0 Å². The van der Waals surface area contributed by atoms with E-state index in [0.717, 1.165) is 0 Å². The molecule has 0 rings (SSSR count). The monoisotopic (exact) mass is 182 g/mol. The maximum absolute atomic E-state index is 8.88. The van der Waals surface area contributed by atoms with Gasteiger partial charge in [-0.25, -0.2) is 4.57 Å². The fourth-order valence-electron chi connectivity index (χ4n) is 0. The first-order valence-electron chi connectivity index (χ1n) is 0.783. The molecule has 0 aromatic heterocycles. The zero-order valence-electron chi connectivity index (χ0n) is 7.20. The Balaban J connectivity index is -0.00000000533. The van der Waals surface area contributed by atoms with Crippen molar-refractivity contribution < 1.29 is 92.2 Å². The fourth-order valence-corrected chi connectivity index (χ4v) is 0. The molecule has 0 aliphatic carbocycles. The van der Waals surface area contributed by atoms with Crippen LogP contribution in [0.1, 0.15) is 2.85 Å². The molecule has 0 fully saturated rings. The van der Waals surface area contributed by atoms with Gasteiger partial charge in [-0.3, -0.25) is 0 Å². The van der Waals surface area contributed by atoms with Crippen molar-refractivity contribution in [3.63, 3.8) is 0 Å². The van der Waals surface area contributed by atoms with E-state index >= 15 is 0 Å². The van der Waals surface area contributed by atoms with Crippen LogP contribution < -0.4 is 59.1 Å². The molecule has 0 aromatic carbocycles. The minimum atomic E-state index is -4.64. The van der Waals surface area contributed by atoms with Crippen LogP contribution in [-0.4, -0.2) is 25.6 Å². The van der Waals surface area contributed by atoms with Crippen molar-refractivity contribution in [2.24, 2.45) is 0 Å². The van der Waals surface area contributed by atoms with Crippen LogP contribution in [0.25, 0.3) is 0 Å². The Labute approximate surface area is 99.1 Å². The van der Waals surface area contributed by atoms with Crippen LogP contribution >= 0.6 is 7.82 Å². The van der Waals surface area contributed by atoms with Gasteiger partial charge >= 0.3 is 66.9 Å². The molecule has 0 amide bonds. The van der Waals surface area contributed by atoms with Crippen molar-refractivity contribution in [3.05, 3.63) is 0 Å². The Kier molecular flexibility index (Phi) is 43.0. The van der Waals surface area contributed by atoms with Gasteiger partial charge in [0, 0.05) is 0 Å². The van der Waals surface area contributed by atoms with Gasteiger partial charge < -0.3 is 28.5 Å². The summed E-state index contributed by atoms with van der Waals surface area (Å²) in [6, 6.07) is 0. The summed E-state index contributed by atoms with van der Waals surface area (Å²) >= 11 is 0. The second-order valence-corrected chi connectivity index (χ2v) is 1.54. The molecule has 0 heterocycles. The first-order chi connectivity index (χ1) is 2.00. The molecule has 7 N–H and O–H groups in total. The van der Waals surface area contributed by atoms with Gasteiger partial charge in [-0.05, 0) is 0 Å². The van der Waals surface area contributed by atoms with Crippen molar-refractivity contribution in [2.45, 2.75) is 0 Å². The summed E-state index contributed by atoms with van der Waals surface area (Å²) in [4.78, 5) is 21.6. The molecule has 9 heteroatoms. The summed E-state index contributed by atoms with van der Waals surface area (Å²) in [7, 11) is -4.64. The van der Waals surface area contributed by atoms with E-state index < -0.39 is 7.82 Å². The van der Waals surface area contributed by atoms with Crippen molar-refractivity contribution in [3.8, 4) is 0 Å². The van der Waals surface area contributed by atoms with E-state index in [0.29, 0.717) is 0 Å². The quantitative estimate of drug-likeness (QED) is 0.252. The van der Waals surface area contributed by atoms with E-state index in [1.165, 1.54) is 0 Å². The van der Waals surface area contributed by atoms with Gasteiger partial charge in [0.15, 0.2) is 0 Å². The minimum absolute atomic E-state index is 0. The standard InChI is InChI=1S/2Na.H3O4P.2H2O.2H/c;;1-5(2,3)4;;;;/h;;(H3,1,2,3,4);2*1H2;;/q2*+1;;;;2*-1. The third-order valence-corrected chi connectivity index (χ3v) is 0. The fraction of sp³-hybridized carbons (Fsp3) is 0. The minimum Gasteiger partial charge on any atom is -1.00 e. The third kappa shape index (κ3) is 157. The van der Waals surface area contributed by atoms with Gasteiger partial charge in [-0.15, -0.1) is 0 Å². The maximum atomic E-state index is 8.88. The molecule has 0 spiro atoms. The Morgan fingerprint density at radius 1 is 1.00 bits per heavy atom. The molecule has 0 saturated carbocycles. The Bertz CT molecular complexity index is 64.7. The molecule has 0 aliphatic heterocycles. The van der Waals surface area contributed by atoms with Crippen LogP contribution in [0.15, 0.2) is 0 Å². The Morgan fingerprint density at radius 2 is 1.00 bits per heavy atom. The molecular weight excluding hydrogens is 173 g/mol. The molecule has 0 radical (unpaired) electrons. The molecule has 0 aromatic rings. The number of hydrogen-bond donors (Lipinski definition) is 3. The zero-order valence-corrected chi connectivity index (χ0v) is 10.1. The largest absolute Gasteiger partial charge is 1.00 e. The van der Waals surface area contributed by atoms with E-state index in [9.17, 15) is 0 Å². The van der Waals surface area contributed by atoms with Crippen LogP contribution in [0, 0.1) is 0 Å². The smallest absolute Gasteiger partial charge is 1.00 e. The van der Waals surface area contributed by atoms with Gasteiger partial charge in [-0.1, -0.05) is 0 Å². The van der Waals surface area contributed by atoms with E-state index in [4.69, 9.17) is 19.2 Å². The average Bonchev–Trinajstić information content (AvgIpc) is 0.722. The third-order valence-electron chi connectivity index (χ3n) is 0. The van der Waals surface area contributed by atoms with Gasteiger partial charge in [0.05, 0.1) is 0 Å². The first-order valence-corrected chi connectivity index (χ1v) is 2.35. The number of hydrogen-bond acceptors (Lipinski definition) is 1. The topological polar surface area (TPSA) is 141 Å². The summed E-state index contributed by atoms with van der Waals surface area (Å²) in [5.74, 6) is 0. The van der Waals surface area contributed by atoms with Crippen LogP contribution in [0.5, 0.6) is 0 Å². The summed E-state index contributed by atoms with van der Waals surface area (Å²) in [5.41, 5.74) is 0. The van der Waals surface area contributed by atoms with Crippen molar-refractivity contribution in [1.82, 2.24) is 0 Å². The summed E-state index contributed by atoms with van der Waals surface area (Å²) < 4.78 is 8.88.